The minimum absolute atomic E-state index is 0. The molecule has 5 rings (SSSR count). The first-order chi connectivity index (χ1) is 13.0. The summed E-state index contributed by atoms with van der Waals surface area (Å²) >= 11 is 0. The molecule has 0 atom stereocenters. The zero-order valence-electron chi connectivity index (χ0n) is 16.4. The first kappa shape index (κ1) is 19.2. The lowest BCUT2D eigenvalue weighted by atomic mass is 9.99. The first-order valence-electron chi connectivity index (χ1n) is 9.87. The summed E-state index contributed by atoms with van der Waals surface area (Å²) in [5, 5.41) is 9.13. The van der Waals surface area contributed by atoms with Crippen LogP contribution in [0.25, 0.3) is 17.3 Å². The molecule has 0 aliphatic heterocycles. The fraction of sp³-hybridized carbons (Fsp3) is 0.476. The number of hydrogen-bond donors (Lipinski definition) is 1. The molecule has 3 aromatic rings. The van der Waals surface area contributed by atoms with Gasteiger partial charge in [-0.25, -0.2) is 4.68 Å². The molecule has 2 aromatic heterocycles. The molecule has 2 aliphatic carbocycles. The number of halogens is 1. The van der Waals surface area contributed by atoms with E-state index in [4.69, 9.17) is 15.4 Å². The Balaban J connectivity index is 0.00000192. The Kier molecular flexibility index (Phi) is 4.79. The van der Waals surface area contributed by atoms with Gasteiger partial charge in [0.15, 0.2) is 11.5 Å². The Morgan fingerprint density at radius 3 is 2.64 bits per heavy atom. The highest BCUT2D eigenvalue weighted by Crippen LogP contribution is 2.37. The summed E-state index contributed by atoms with van der Waals surface area (Å²) in [6.07, 6.45) is 7.24. The second kappa shape index (κ2) is 7.01. The summed E-state index contributed by atoms with van der Waals surface area (Å²) in [6, 6.07) is 6.47. The third-order valence-electron chi connectivity index (χ3n) is 6.08. The molecule has 2 N–H and O–H groups in total. The molecule has 6 nitrogen and oxygen atoms in total. The van der Waals surface area contributed by atoms with Gasteiger partial charge in [-0.15, -0.1) is 12.4 Å². The fourth-order valence-electron chi connectivity index (χ4n) is 4.60. The Morgan fingerprint density at radius 2 is 1.89 bits per heavy atom. The molecule has 0 amide bonds. The van der Waals surface area contributed by atoms with E-state index in [1.54, 1.807) is 0 Å². The summed E-state index contributed by atoms with van der Waals surface area (Å²) in [7, 11) is 0. The maximum absolute atomic E-state index is 6.50. The number of rotatable bonds is 3. The number of hydrogen-bond acceptors (Lipinski definition) is 5. The van der Waals surface area contributed by atoms with Crippen LogP contribution in [0.2, 0.25) is 0 Å². The smallest absolute Gasteiger partial charge is 0.278 e. The molecule has 0 saturated heterocycles. The van der Waals surface area contributed by atoms with E-state index in [2.05, 4.69) is 46.9 Å². The normalized spacial score (nSPS) is 17.5. The van der Waals surface area contributed by atoms with Crippen molar-refractivity contribution in [1.82, 2.24) is 19.9 Å². The molecule has 28 heavy (non-hydrogen) atoms. The largest absolute Gasteiger partial charge is 0.332 e. The summed E-state index contributed by atoms with van der Waals surface area (Å²) in [4.78, 5) is 4.68. The van der Waals surface area contributed by atoms with Crippen LogP contribution in [-0.4, -0.2) is 19.9 Å². The third kappa shape index (κ3) is 2.95. The van der Waals surface area contributed by atoms with Crippen LogP contribution < -0.4 is 5.73 Å². The van der Waals surface area contributed by atoms with E-state index in [0.717, 1.165) is 56.3 Å². The van der Waals surface area contributed by atoms with Gasteiger partial charge in [0.25, 0.3) is 5.89 Å². The predicted octanol–water partition coefficient (Wildman–Crippen LogP) is 4.18. The van der Waals surface area contributed by atoms with Gasteiger partial charge in [0.2, 0.25) is 0 Å². The molecule has 0 bridgehead atoms. The van der Waals surface area contributed by atoms with E-state index < -0.39 is 5.54 Å². The topological polar surface area (TPSA) is 82.8 Å². The maximum Gasteiger partial charge on any atom is 0.278 e. The Hall–Kier alpha value is -2.18. The molecule has 1 aromatic carbocycles. The number of nitrogens with zero attached hydrogens (tertiary/aromatic N) is 4. The van der Waals surface area contributed by atoms with Crippen molar-refractivity contribution in [3.8, 4) is 17.3 Å². The summed E-state index contributed by atoms with van der Waals surface area (Å²) in [5.41, 5.74) is 13.0. The van der Waals surface area contributed by atoms with Crippen LogP contribution >= 0.6 is 12.4 Å². The molecule has 1 saturated carbocycles. The Morgan fingerprint density at radius 1 is 1.11 bits per heavy atom. The van der Waals surface area contributed by atoms with Gasteiger partial charge in [-0.2, -0.15) is 10.1 Å². The van der Waals surface area contributed by atoms with Gasteiger partial charge in [-0.3, -0.25) is 0 Å². The fourth-order valence-corrected chi connectivity index (χ4v) is 4.60. The molecule has 0 spiro atoms. The number of fused-ring (bicyclic) bond motifs is 1. The van der Waals surface area contributed by atoms with E-state index in [1.807, 2.05) is 0 Å². The molecule has 0 radical (unpaired) electrons. The SMILES string of the molecule is Cc1ccc(-n2nc(-c3nc(C4(N)CCCC4)no3)c3c2CCC3)c(C)c1.Cl. The molecular weight excluding hydrogens is 374 g/mol. The first-order valence-corrected chi connectivity index (χ1v) is 9.87. The van der Waals surface area contributed by atoms with Crippen molar-refractivity contribution in [1.29, 1.82) is 0 Å². The predicted molar refractivity (Wildman–Crippen MR) is 110 cm³/mol. The minimum Gasteiger partial charge on any atom is -0.332 e. The van der Waals surface area contributed by atoms with Crippen LogP contribution in [0, 0.1) is 13.8 Å². The van der Waals surface area contributed by atoms with Crippen molar-refractivity contribution in [3.63, 3.8) is 0 Å². The van der Waals surface area contributed by atoms with E-state index in [1.165, 1.54) is 22.4 Å². The molecule has 148 valence electrons. The Bertz CT molecular complexity index is 1020. The van der Waals surface area contributed by atoms with Crippen LogP contribution in [0.5, 0.6) is 0 Å². The van der Waals surface area contributed by atoms with Gasteiger partial charge in [0.05, 0.1) is 11.2 Å². The summed E-state index contributed by atoms with van der Waals surface area (Å²) < 4.78 is 7.71. The van der Waals surface area contributed by atoms with Gasteiger partial charge in [-0.05, 0) is 57.6 Å². The van der Waals surface area contributed by atoms with E-state index >= 15 is 0 Å². The van der Waals surface area contributed by atoms with Gasteiger partial charge in [0.1, 0.15) is 0 Å². The number of aryl methyl sites for hydroxylation is 2. The van der Waals surface area contributed by atoms with Crippen LogP contribution in [0.15, 0.2) is 22.7 Å². The number of benzene rings is 1. The van der Waals surface area contributed by atoms with Crippen molar-refractivity contribution in [2.45, 2.75) is 64.3 Å². The standard InChI is InChI=1S/C21H25N5O.ClH/c1-13-8-9-16(14(2)12-13)26-17-7-5-6-15(17)18(24-26)19-23-20(25-27-19)21(22)10-3-4-11-21;/h8-9,12H,3-7,10-11,22H2,1-2H3;1H. The number of aromatic nitrogens is 4. The highest BCUT2D eigenvalue weighted by atomic mass is 35.5. The maximum atomic E-state index is 6.50. The van der Waals surface area contributed by atoms with Gasteiger partial charge in [0, 0.05) is 11.3 Å². The molecule has 0 unspecified atom stereocenters. The highest BCUT2D eigenvalue weighted by Gasteiger charge is 2.37. The monoisotopic (exact) mass is 399 g/mol. The van der Waals surface area contributed by atoms with Crippen LogP contribution in [0.4, 0.5) is 0 Å². The Labute approximate surface area is 170 Å². The van der Waals surface area contributed by atoms with Gasteiger partial charge in [-0.1, -0.05) is 35.7 Å². The van der Waals surface area contributed by atoms with Crippen molar-refractivity contribution in [2.24, 2.45) is 5.73 Å². The lowest BCUT2D eigenvalue weighted by Gasteiger charge is -2.17. The summed E-state index contributed by atoms with van der Waals surface area (Å²) in [5.74, 6) is 1.13. The zero-order valence-corrected chi connectivity index (χ0v) is 17.2. The van der Waals surface area contributed by atoms with Crippen molar-refractivity contribution < 1.29 is 4.52 Å². The molecule has 2 aliphatic rings. The van der Waals surface area contributed by atoms with Crippen molar-refractivity contribution >= 4 is 12.4 Å². The van der Waals surface area contributed by atoms with Crippen LogP contribution in [0.1, 0.15) is 60.3 Å². The molecular formula is C21H26ClN5O. The minimum atomic E-state index is -0.443. The van der Waals surface area contributed by atoms with Gasteiger partial charge < -0.3 is 10.3 Å². The van der Waals surface area contributed by atoms with Crippen LogP contribution in [0.3, 0.4) is 0 Å². The average Bonchev–Trinajstić information content (AvgIpc) is 3.39. The van der Waals surface area contributed by atoms with E-state index in [0.29, 0.717) is 11.7 Å². The van der Waals surface area contributed by atoms with E-state index in [9.17, 15) is 0 Å². The molecule has 7 heteroatoms. The van der Waals surface area contributed by atoms with Crippen molar-refractivity contribution in [3.05, 3.63) is 46.4 Å². The van der Waals surface area contributed by atoms with Crippen molar-refractivity contribution in [2.75, 3.05) is 0 Å². The summed E-state index contributed by atoms with van der Waals surface area (Å²) in [6.45, 7) is 4.25. The van der Waals surface area contributed by atoms with Crippen LogP contribution in [-0.2, 0) is 18.4 Å². The van der Waals surface area contributed by atoms with E-state index in [-0.39, 0.29) is 12.4 Å². The number of nitrogens with two attached hydrogens (primary N) is 1. The molecule has 2 heterocycles. The zero-order chi connectivity index (χ0) is 18.6. The lowest BCUT2D eigenvalue weighted by Crippen LogP contribution is -2.34. The second-order valence-electron chi connectivity index (χ2n) is 8.12. The lowest BCUT2D eigenvalue weighted by molar-refractivity contribution is 0.372. The quantitative estimate of drug-likeness (QED) is 0.714. The highest BCUT2D eigenvalue weighted by molar-refractivity contribution is 5.85. The van der Waals surface area contributed by atoms with Gasteiger partial charge >= 0.3 is 0 Å². The molecule has 1 fully saturated rings. The average molecular weight is 400 g/mol. The second-order valence-corrected chi connectivity index (χ2v) is 8.12. The third-order valence-corrected chi connectivity index (χ3v) is 6.08.